The number of anilines is 1. The second-order valence-corrected chi connectivity index (χ2v) is 6.73. The molecule has 0 bridgehead atoms. The fraction of sp³-hybridized carbons (Fsp3) is 0.571. The molecule has 1 saturated heterocycles. The largest absolute Gasteiger partial charge is 0.371 e. The summed E-state index contributed by atoms with van der Waals surface area (Å²) in [5.74, 6) is 0. The van der Waals surface area contributed by atoms with Gasteiger partial charge in [-0.3, -0.25) is 0 Å². The van der Waals surface area contributed by atoms with E-state index in [1.165, 1.54) is 41.7 Å². The van der Waals surface area contributed by atoms with Crippen LogP contribution in [0.2, 0.25) is 0 Å². The molecule has 1 aromatic rings. The molecule has 1 heterocycles. The smallest absolute Gasteiger partial charge is 0.0510 e. The molecular formula is C14H21BrN2S. The topological polar surface area (TPSA) is 15.3 Å². The Morgan fingerprint density at radius 3 is 2.67 bits per heavy atom. The van der Waals surface area contributed by atoms with Crippen LogP contribution in [0.3, 0.4) is 0 Å². The molecule has 1 aliphatic rings. The molecule has 0 aliphatic carbocycles. The molecule has 0 amide bonds. The lowest BCUT2D eigenvalue weighted by Gasteiger charge is -2.33. The summed E-state index contributed by atoms with van der Waals surface area (Å²) in [4.78, 5) is 2.50. The highest BCUT2D eigenvalue weighted by molar-refractivity contribution is 9.10. The van der Waals surface area contributed by atoms with Crippen LogP contribution in [-0.4, -0.2) is 31.6 Å². The Kier molecular flexibility index (Phi) is 5.39. The van der Waals surface area contributed by atoms with Crippen molar-refractivity contribution in [1.82, 2.24) is 5.32 Å². The van der Waals surface area contributed by atoms with Crippen molar-refractivity contribution in [2.45, 2.75) is 24.6 Å². The summed E-state index contributed by atoms with van der Waals surface area (Å²) in [6, 6.07) is 6.69. The predicted octanol–water partition coefficient (Wildman–Crippen LogP) is 3.50. The van der Waals surface area contributed by atoms with Crippen LogP contribution in [0, 0.1) is 0 Å². The van der Waals surface area contributed by atoms with Crippen LogP contribution in [0.4, 0.5) is 5.69 Å². The molecule has 0 spiro atoms. The number of rotatable bonds is 4. The summed E-state index contributed by atoms with van der Waals surface area (Å²) in [7, 11) is 1.98. The highest BCUT2D eigenvalue weighted by Gasteiger charge is 2.19. The predicted molar refractivity (Wildman–Crippen MR) is 85.7 cm³/mol. The number of piperidine rings is 1. The summed E-state index contributed by atoms with van der Waals surface area (Å²) in [6.45, 7) is 3.28. The van der Waals surface area contributed by atoms with Gasteiger partial charge in [0, 0.05) is 29.4 Å². The Bertz CT molecular complexity index is 389. The van der Waals surface area contributed by atoms with Crippen LogP contribution in [-0.2, 0) is 6.54 Å². The molecule has 4 heteroatoms. The van der Waals surface area contributed by atoms with E-state index >= 15 is 0 Å². The molecule has 2 rings (SSSR count). The molecule has 0 radical (unpaired) electrons. The minimum absolute atomic E-state index is 0.851. The first-order valence-corrected chi connectivity index (χ1v) is 8.53. The van der Waals surface area contributed by atoms with Crippen LogP contribution in [0.1, 0.15) is 18.4 Å². The zero-order valence-corrected chi connectivity index (χ0v) is 13.5. The van der Waals surface area contributed by atoms with Crippen LogP contribution < -0.4 is 10.2 Å². The SMILES string of the molecule is CNCc1ccc(N2CCC(SC)CC2)c(Br)c1. The summed E-state index contributed by atoms with van der Waals surface area (Å²) in [5.41, 5.74) is 2.67. The molecule has 1 aliphatic heterocycles. The van der Waals surface area contributed by atoms with Crippen LogP contribution in [0.15, 0.2) is 22.7 Å². The third kappa shape index (κ3) is 3.43. The van der Waals surface area contributed by atoms with E-state index in [9.17, 15) is 0 Å². The van der Waals surface area contributed by atoms with Crippen molar-refractivity contribution in [2.75, 3.05) is 31.3 Å². The Balaban J connectivity index is 2.05. The van der Waals surface area contributed by atoms with E-state index in [1.54, 1.807) is 0 Å². The number of hydrogen-bond donors (Lipinski definition) is 1. The lowest BCUT2D eigenvalue weighted by Crippen LogP contribution is -2.34. The standard InChI is InChI=1S/C14H21BrN2S/c1-16-10-11-3-4-14(13(15)9-11)17-7-5-12(18-2)6-8-17/h3-4,9,12,16H,5-8,10H2,1-2H3. The molecule has 1 fully saturated rings. The molecule has 0 unspecified atom stereocenters. The molecule has 0 atom stereocenters. The highest BCUT2D eigenvalue weighted by Crippen LogP contribution is 2.31. The number of nitrogens with zero attached hydrogens (tertiary/aromatic N) is 1. The van der Waals surface area contributed by atoms with Crippen molar-refractivity contribution >= 4 is 33.4 Å². The van der Waals surface area contributed by atoms with Crippen molar-refractivity contribution in [2.24, 2.45) is 0 Å². The number of benzene rings is 1. The van der Waals surface area contributed by atoms with Gasteiger partial charge in [0.2, 0.25) is 0 Å². The molecule has 2 nitrogen and oxygen atoms in total. The molecular weight excluding hydrogens is 308 g/mol. The third-order valence-corrected chi connectivity index (χ3v) is 5.28. The molecule has 1 N–H and O–H groups in total. The fourth-order valence-electron chi connectivity index (χ4n) is 2.45. The van der Waals surface area contributed by atoms with Crippen molar-refractivity contribution in [1.29, 1.82) is 0 Å². The zero-order valence-electron chi connectivity index (χ0n) is 11.1. The van der Waals surface area contributed by atoms with Gasteiger partial charge >= 0.3 is 0 Å². The summed E-state index contributed by atoms with van der Waals surface area (Å²) in [6.07, 6.45) is 4.82. The molecule has 1 aromatic carbocycles. The minimum atomic E-state index is 0.851. The first-order chi connectivity index (χ1) is 8.74. The quantitative estimate of drug-likeness (QED) is 0.910. The van der Waals surface area contributed by atoms with Gasteiger partial charge in [0.15, 0.2) is 0 Å². The van der Waals surface area contributed by atoms with Crippen molar-refractivity contribution in [3.63, 3.8) is 0 Å². The van der Waals surface area contributed by atoms with E-state index in [1.807, 2.05) is 18.8 Å². The molecule has 18 heavy (non-hydrogen) atoms. The van der Waals surface area contributed by atoms with E-state index in [0.29, 0.717) is 0 Å². The van der Waals surface area contributed by atoms with Gasteiger partial charge in [-0.05, 0) is 59.8 Å². The van der Waals surface area contributed by atoms with Gasteiger partial charge < -0.3 is 10.2 Å². The van der Waals surface area contributed by atoms with Gasteiger partial charge in [0.25, 0.3) is 0 Å². The average Bonchev–Trinajstić information content (AvgIpc) is 2.40. The van der Waals surface area contributed by atoms with Gasteiger partial charge in [-0.25, -0.2) is 0 Å². The molecule has 0 saturated carbocycles. The van der Waals surface area contributed by atoms with E-state index in [0.717, 1.165) is 11.8 Å². The number of halogens is 1. The van der Waals surface area contributed by atoms with Crippen molar-refractivity contribution < 1.29 is 0 Å². The average molecular weight is 329 g/mol. The molecule has 0 aromatic heterocycles. The first kappa shape index (κ1) is 14.2. The highest BCUT2D eigenvalue weighted by atomic mass is 79.9. The Labute approximate surface area is 123 Å². The van der Waals surface area contributed by atoms with E-state index in [4.69, 9.17) is 0 Å². The summed E-state index contributed by atoms with van der Waals surface area (Å²) < 4.78 is 1.22. The maximum Gasteiger partial charge on any atom is 0.0510 e. The van der Waals surface area contributed by atoms with Crippen molar-refractivity contribution in [3.8, 4) is 0 Å². The summed E-state index contributed by atoms with van der Waals surface area (Å²) in [5, 5.41) is 4.04. The second-order valence-electron chi connectivity index (χ2n) is 4.74. The number of thioether (sulfide) groups is 1. The zero-order chi connectivity index (χ0) is 13.0. The first-order valence-electron chi connectivity index (χ1n) is 6.45. The van der Waals surface area contributed by atoms with Gasteiger partial charge in [0.05, 0.1) is 5.69 Å². The monoisotopic (exact) mass is 328 g/mol. The van der Waals surface area contributed by atoms with E-state index in [-0.39, 0.29) is 0 Å². The minimum Gasteiger partial charge on any atom is -0.371 e. The molecule has 100 valence electrons. The third-order valence-electron chi connectivity index (χ3n) is 3.51. The van der Waals surface area contributed by atoms with E-state index < -0.39 is 0 Å². The van der Waals surface area contributed by atoms with Crippen LogP contribution in [0.25, 0.3) is 0 Å². The lowest BCUT2D eigenvalue weighted by atomic mass is 10.1. The fourth-order valence-corrected chi connectivity index (χ4v) is 3.81. The van der Waals surface area contributed by atoms with Gasteiger partial charge in [-0.1, -0.05) is 6.07 Å². The van der Waals surface area contributed by atoms with Gasteiger partial charge in [0.1, 0.15) is 0 Å². The Morgan fingerprint density at radius 2 is 2.11 bits per heavy atom. The number of nitrogens with one attached hydrogen (secondary N) is 1. The normalized spacial score (nSPS) is 17.2. The second kappa shape index (κ2) is 6.83. The lowest BCUT2D eigenvalue weighted by molar-refractivity contribution is 0.591. The van der Waals surface area contributed by atoms with Crippen LogP contribution in [0.5, 0.6) is 0 Å². The number of hydrogen-bond acceptors (Lipinski definition) is 3. The summed E-state index contributed by atoms with van der Waals surface area (Å²) >= 11 is 5.72. The maximum absolute atomic E-state index is 3.71. The van der Waals surface area contributed by atoms with Crippen LogP contribution >= 0.6 is 27.7 Å². The van der Waals surface area contributed by atoms with Crippen molar-refractivity contribution in [3.05, 3.63) is 28.2 Å². The van der Waals surface area contributed by atoms with Gasteiger partial charge in [-0.2, -0.15) is 11.8 Å². The maximum atomic E-state index is 3.71. The Morgan fingerprint density at radius 1 is 1.39 bits per heavy atom. The van der Waals surface area contributed by atoms with Gasteiger partial charge in [-0.15, -0.1) is 0 Å². The Hall–Kier alpha value is -0.190. The van der Waals surface area contributed by atoms with E-state index in [2.05, 4.69) is 50.6 Å².